The fourth-order valence-electron chi connectivity index (χ4n) is 4.11. The maximum atomic E-state index is 13.2. The first-order valence-electron chi connectivity index (χ1n) is 10.3. The van der Waals surface area contributed by atoms with Crippen LogP contribution >= 0.6 is 0 Å². The third-order valence-corrected chi connectivity index (χ3v) is 5.78. The minimum absolute atomic E-state index is 0.0530. The second kappa shape index (κ2) is 8.47. The van der Waals surface area contributed by atoms with Gasteiger partial charge in [0.05, 0.1) is 31.5 Å². The number of amides is 1. The summed E-state index contributed by atoms with van der Waals surface area (Å²) in [6, 6.07) is 14.8. The second-order valence-electron chi connectivity index (χ2n) is 8.12. The van der Waals surface area contributed by atoms with Crippen LogP contribution in [0.1, 0.15) is 40.3 Å². The van der Waals surface area contributed by atoms with Gasteiger partial charge in [0.15, 0.2) is 0 Å². The molecular formula is C24H29N3O2. The predicted octanol–water partition coefficient (Wildman–Crippen LogP) is 3.62. The first-order chi connectivity index (χ1) is 14.0. The summed E-state index contributed by atoms with van der Waals surface area (Å²) >= 11 is 0. The molecule has 1 atom stereocenters. The fourth-order valence-corrected chi connectivity index (χ4v) is 4.11. The zero-order chi connectivity index (χ0) is 20.4. The predicted molar refractivity (Wildman–Crippen MR) is 115 cm³/mol. The summed E-state index contributed by atoms with van der Waals surface area (Å²) in [4.78, 5) is 15.4. The molecule has 0 aliphatic carbocycles. The molecule has 2 aliphatic rings. The molecule has 2 aromatic carbocycles. The number of benzene rings is 2. The van der Waals surface area contributed by atoms with E-state index in [9.17, 15) is 4.79 Å². The molecule has 0 bridgehead atoms. The minimum Gasteiger partial charge on any atom is -0.379 e. The molecule has 2 aliphatic heterocycles. The van der Waals surface area contributed by atoms with Crippen LogP contribution in [0.2, 0.25) is 0 Å². The highest BCUT2D eigenvalue weighted by Gasteiger charge is 2.34. The number of rotatable bonds is 4. The number of hydrazone groups is 1. The maximum absolute atomic E-state index is 13.2. The lowest BCUT2D eigenvalue weighted by Crippen LogP contribution is -2.43. The maximum Gasteiger partial charge on any atom is 0.257 e. The van der Waals surface area contributed by atoms with Crippen LogP contribution in [-0.4, -0.2) is 54.4 Å². The van der Waals surface area contributed by atoms with E-state index in [4.69, 9.17) is 9.84 Å². The Hall–Kier alpha value is -2.50. The highest BCUT2D eigenvalue weighted by atomic mass is 16.5. The SMILES string of the molecule is Cc1ccc(C2CC(c3ccc(C)cc3C)=NN2C(=O)CN2CCOCC2)cc1. The Bertz CT molecular complexity index is 914. The van der Waals surface area contributed by atoms with E-state index < -0.39 is 0 Å². The zero-order valence-electron chi connectivity index (χ0n) is 17.5. The van der Waals surface area contributed by atoms with Crippen LogP contribution in [0.4, 0.5) is 0 Å². The lowest BCUT2D eigenvalue weighted by molar-refractivity contribution is -0.135. The van der Waals surface area contributed by atoms with Crippen molar-refractivity contribution in [1.29, 1.82) is 0 Å². The van der Waals surface area contributed by atoms with Crippen LogP contribution in [0.25, 0.3) is 0 Å². The van der Waals surface area contributed by atoms with E-state index in [1.54, 1.807) is 5.01 Å². The van der Waals surface area contributed by atoms with E-state index in [1.807, 2.05) is 0 Å². The topological polar surface area (TPSA) is 45.1 Å². The molecule has 1 amide bonds. The van der Waals surface area contributed by atoms with Crippen LogP contribution in [0.3, 0.4) is 0 Å². The molecule has 152 valence electrons. The normalized spacial score (nSPS) is 20.0. The molecule has 0 radical (unpaired) electrons. The standard InChI is InChI=1S/C24H29N3O2/c1-17-4-7-20(8-5-17)23-15-22(21-9-6-18(2)14-19(21)3)25-27(23)24(28)16-26-10-12-29-13-11-26/h4-9,14,23H,10-13,15-16H2,1-3H3. The average molecular weight is 392 g/mol. The third-order valence-electron chi connectivity index (χ3n) is 5.78. The van der Waals surface area contributed by atoms with Crippen LogP contribution < -0.4 is 0 Å². The van der Waals surface area contributed by atoms with Gasteiger partial charge >= 0.3 is 0 Å². The first kappa shape index (κ1) is 19.8. The van der Waals surface area contributed by atoms with Gasteiger partial charge in [0.25, 0.3) is 5.91 Å². The van der Waals surface area contributed by atoms with E-state index in [1.165, 1.54) is 16.7 Å². The molecule has 0 aromatic heterocycles. The Labute approximate surface area is 173 Å². The lowest BCUT2D eigenvalue weighted by Gasteiger charge is -2.29. The molecule has 1 unspecified atom stereocenters. The van der Waals surface area contributed by atoms with Crippen molar-refractivity contribution in [2.75, 3.05) is 32.8 Å². The van der Waals surface area contributed by atoms with Crippen LogP contribution in [0.5, 0.6) is 0 Å². The van der Waals surface area contributed by atoms with Crippen molar-refractivity contribution in [2.24, 2.45) is 5.10 Å². The Morgan fingerprint density at radius 2 is 1.72 bits per heavy atom. The van der Waals surface area contributed by atoms with E-state index in [0.717, 1.165) is 36.3 Å². The highest BCUT2D eigenvalue weighted by Crippen LogP contribution is 2.34. The Kier molecular flexibility index (Phi) is 5.79. The molecule has 0 spiro atoms. The molecule has 2 heterocycles. The minimum atomic E-state index is -0.0557. The summed E-state index contributed by atoms with van der Waals surface area (Å²) in [5.41, 5.74) is 6.91. The number of carbonyl (C=O) groups excluding carboxylic acids is 1. The second-order valence-corrected chi connectivity index (χ2v) is 8.12. The van der Waals surface area contributed by atoms with Gasteiger partial charge in [-0.3, -0.25) is 9.69 Å². The van der Waals surface area contributed by atoms with Crippen molar-refractivity contribution in [3.8, 4) is 0 Å². The Balaban J connectivity index is 1.63. The molecule has 5 nitrogen and oxygen atoms in total. The van der Waals surface area contributed by atoms with Gasteiger partial charge in [-0.25, -0.2) is 5.01 Å². The molecule has 0 N–H and O–H groups in total. The van der Waals surface area contributed by atoms with Crippen LogP contribution in [-0.2, 0) is 9.53 Å². The summed E-state index contributed by atoms with van der Waals surface area (Å²) in [6.45, 7) is 9.64. The number of carbonyl (C=O) groups is 1. The summed E-state index contributed by atoms with van der Waals surface area (Å²) < 4.78 is 5.41. The number of ether oxygens (including phenoxy) is 1. The van der Waals surface area contributed by atoms with E-state index in [-0.39, 0.29) is 11.9 Å². The van der Waals surface area contributed by atoms with Gasteiger partial charge in [0.1, 0.15) is 0 Å². The molecule has 0 saturated carbocycles. The van der Waals surface area contributed by atoms with Gasteiger partial charge in [0.2, 0.25) is 0 Å². The summed E-state index contributed by atoms with van der Waals surface area (Å²) in [7, 11) is 0. The summed E-state index contributed by atoms with van der Waals surface area (Å²) in [5.74, 6) is 0.0530. The first-order valence-corrected chi connectivity index (χ1v) is 10.3. The Morgan fingerprint density at radius 1 is 1.03 bits per heavy atom. The average Bonchev–Trinajstić information content (AvgIpc) is 3.14. The quantitative estimate of drug-likeness (QED) is 0.800. The van der Waals surface area contributed by atoms with Crippen molar-refractivity contribution in [2.45, 2.75) is 33.2 Å². The largest absolute Gasteiger partial charge is 0.379 e. The summed E-state index contributed by atoms with van der Waals surface area (Å²) in [6.07, 6.45) is 0.738. The van der Waals surface area contributed by atoms with Crippen LogP contribution in [0.15, 0.2) is 47.6 Å². The van der Waals surface area contributed by atoms with Gasteiger partial charge in [-0.2, -0.15) is 5.10 Å². The van der Waals surface area contributed by atoms with Gasteiger partial charge in [0, 0.05) is 25.1 Å². The molecule has 1 fully saturated rings. The van der Waals surface area contributed by atoms with Crippen molar-refractivity contribution < 1.29 is 9.53 Å². The van der Waals surface area contributed by atoms with Crippen molar-refractivity contribution in [1.82, 2.24) is 9.91 Å². The number of hydrogen-bond acceptors (Lipinski definition) is 4. The molecule has 4 rings (SSSR count). The molecule has 2 aromatic rings. The number of hydrogen-bond donors (Lipinski definition) is 0. The molecular weight excluding hydrogens is 362 g/mol. The smallest absolute Gasteiger partial charge is 0.257 e. The van der Waals surface area contributed by atoms with Gasteiger partial charge in [-0.05, 0) is 31.9 Å². The molecule has 5 heteroatoms. The number of nitrogens with zero attached hydrogens (tertiary/aromatic N) is 3. The molecule has 1 saturated heterocycles. The van der Waals surface area contributed by atoms with Gasteiger partial charge in [-0.15, -0.1) is 0 Å². The fraction of sp³-hybridized carbons (Fsp3) is 0.417. The number of aryl methyl sites for hydroxylation is 3. The monoisotopic (exact) mass is 391 g/mol. The van der Waals surface area contributed by atoms with Crippen molar-refractivity contribution in [3.63, 3.8) is 0 Å². The van der Waals surface area contributed by atoms with E-state index >= 15 is 0 Å². The van der Waals surface area contributed by atoms with Gasteiger partial charge in [-0.1, -0.05) is 53.6 Å². The van der Waals surface area contributed by atoms with E-state index in [2.05, 4.69) is 68.1 Å². The zero-order valence-corrected chi connectivity index (χ0v) is 17.5. The molecule has 29 heavy (non-hydrogen) atoms. The van der Waals surface area contributed by atoms with Crippen molar-refractivity contribution in [3.05, 3.63) is 70.3 Å². The van der Waals surface area contributed by atoms with E-state index in [0.29, 0.717) is 19.8 Å². The highest BCUT2D eigenvalue weighted by molar-refractivity contribution is 6.04. The van der Waals surface area contributed by atoms with Crippen LogP contribution in [0, 0.1) is 20.8 Å². The van der Waals surface area contributed by atoms with Crippen molar-refractivity contribution >= 4 is 11.6 Å². The summed E-state index contributed by atoms with van der Waals surface area (Å²) in [5, 5.41) is 6.55. The van der Waals surface area contributed by atoms with Gasteiger partial charge < -0.3 is 4.74 Å². The lowest BCUT2D eigenvalue weighted by atomic mass is 9.95. The Morgan fingerprint density at radius 3 is 2.41 bits per heavy atom. The third kappa shape index (κ3) is 4.41. The number of morpholine rings is 1.